The van der Waals surface area contributed by atoms with Crippen molar-refractivity contribution in [1.29, 1.82) is 5.41 Å². The van der Waals surface area contributed by atoms with Crippen molar-refractivity contribution in [2.45, 2.75) is 19.4 Å². The van der Waals surface area contributed by atoms with Gasteiger partial charge in [-0.2, -0.15) is 0 Å². The van der Waals surface area contributed by atoms with Gasteiger partial charge in [0, 0.05) is 23.1 Å². The Morgan fingerprint density at radius 1 is 1.24 bits per heavy atom. The number of hydrogen-bond donors (Lipinski definition) is 5. The van der Waals surface area contributed by atoms with Crippen molar-refractivity contribution in [3.8, 4) is 11.8 Å². The third-order valence-corrected chi connectivity index (χ3v) is 5.27. The molecule has 6 N–H and O–H groups in total. The number of hydrogen-bond acceptors (Lipinski definition) is 7. The molecule has 0 spiro atoms. The largest absolute Gasteiger partial charge is 0.460 e. The topological polar surface area (TPSA) is 159 Å². The van der Waals surface area contributed by atoms with Crippen molar-refractivity contribution in [2.24, 2.45) is 5.73 Å². The van der Waals surface area contributed by atoms with Gasteiger partial charge in [0.1, 0.15) is 23.2 Å². The van der Waals surface area contributed by atoms with Crippen LogP contribution in [0.3, 0.4) is 0 Å². The Bertz CT molecular complexity index is 1370. The molecule has 3 rings (SSSR count). The van der Waals surface area contributed by atoms with Crippen LogP contribution in [0, 0.1) is 17.3 Å². The van der Waals surface area contributed by atoms with E-state index in [1.807, 2.05) is 4.72 Å². The number of aliphatic hydroxyl groups excluding tert-OH is 1. The molecule has 0 unspecified atom stereocenters. The fourth-order valence-corrected chi connectivity index (χ4v) is 3.80. The number of carbonyl (C=O) groups is 1. The third kappa shape index (κ3) is 5.91. The quantitative estimate of drug-likeness (QED) is 0.192. The minimum absolute atomic E-state index is 0.0846. The second kappa shape index (κ2) is 9.77. The number of aliphatic hydroxyl groups is 1. The summed E-state index contributed by atoms with van der Waals surface area (Å²) >= 11 is 0. The average Bonchev–Trinajstić information content (AvgIpc) is 3.14. The number of benzene rings is 2. The standard InChI is InChI=1S/C23H24N4O5S/c1-3-4-15-11-16(12-17-13-19(9-10-28)32-21(15)17)20(23(29)27-33(2,30)31)26-18-7-5-14(6-8-18)22(24)25/h5-8,11-13,20,26,28H,9-10H2,1-2H3,(H3,24,25)(H,27,29)/t20-/m1/s1. The number of rotatable bonds is 8. The Labute approximate surface area is 191 Å². The van der Waals surface area contributed by atoms with Gasteiger partial charge in [-0.15, -0.1) is 5.92 Å². The third-order valence-electron chi connectivity index (χ3n) is 4.70. The summed E-state index contributed by atoms with van der Waals surface area (Å²) in [7, 11) is -3.81. The molecule has 0 saturated heterocycles. The highest BCUT2D eigenvalue weighted by atomic mass is 32.2. The van der Waals surface area contributed by atoms with E-state index < -0.39 is 22.0 Å². The second-order valence-corrected chi connectivity index (χ2v) is 9.10. The van der Waals surface area contributed by atoms with Crippen LogP contribution in [0.2, 0.25) is 0 Å². The van der Waals surface area contributed by atoms with Crippen LogP contribution in [0.1, 0.15) is 35.4 Å². The van der Waals surface area contributed by atoms with E-state index in [9.17, 15) is 18.3 Å². The summed E-state index contributed by atoms with van der Waals surface area (Å²) in [6.45, 7) is 1.58. The van der Waals surface area contributed by atoms with Crippen molar-refractivity contribution < 1.29 is 22.7 Å². The summed E-state index contributed by atoms with van der Waals surface area (Å²) in [5.41, 5.74) is 8.03. The molecule has 10 heteroatoms. The van der Waals surface area contributed by atoms with Gasteiger partial charge < -0.3 is 20.6 Å². The monoisotopic (exact) mass is 468 g/mol. The minimum Gasteiger partial charge on any atom is -0.460 e. The first kappa shape index (κ1) is 23.8. The number of nitrogens with two attached hydrogens (primary N) is 1. The Morgan fingerprint density at radius 3 is 2.52 bits per heavy atom. The maximum atomic E-state index is 13.0. The Morgan fingerprint density at radius 2 is 1.94 bits per heavy atom. The molecule has 3 aromatic rings. The number of amides is 1. The maximum absolute atomic E-state index is 13.0. The highest BCUT2D eigenvalue weighted by Crippen LogP contribution is 2.30. The molecule has 0 bridgehead atoms. The smallest absolute Gasteiger partial charge is 0.260 e. The van der Waals surface area contributed by atoms with Crippen LogP contribution in [0.4, 0.5) is 5.69 Å². The van der Waals surface area contributed by atoms with Crippen molar-refractivity contribution in [3.05, 3.63) is 64.9 Å². The number of anilines is 1. The minimum atomic E-state index is -3.81. The highest BCUT2D eigenvalue weighted by Gasteiger charge is 2.25. The molecule has 1 atom stereocenters. The molecule has 0 aliphatic heterocycles. The first-order valence-electron chi connectivity index (χ1n) is 9.94. The van der Waals surface area contributed by atoms with Crippen LogP contribution in [-0.4, -0.2) is 38.1 Å². The molecule has 9 nitrogen and oxygen atoms in total. The maximum Gasteiger partial charge on any atom is 0.260 e. The SMILES string of the molecule is CC#Cc1cc([C@@H](Nc2ccc(C(=N)N)cc2)C(=O)NS(C)(=O)=O)cc2cc(CCO)oc12. The number of carbonyl (C=O) groups excluding carboxylic acids is 1. The molecule has 172 valence electrons. The zero-order valence-corrected chi connectivity index (χ0v) is 18.9. The van der Waals surface area contributed by atoms with Crippen molar-refractivity contribution in [3.63, 3.8) is 0 Å². The van der Waals surface area contributed by atoms with Gasteiger partial charge >= 0.3 is 0 Å². The molecule has 0 aliphatic rings. The van der Waals surface area contributed by atoms with Gasteiger partial charge in [-0.3, -0.25) is 14.9 Å². The van der Waals surface area contributed by atoms with E-state index in [0.717, 1.165) is 6.26 Å². The summed E-state index contributed by atoms with van der Waals surface area (Å²) in [5, 5.41) is 20.4. The number of fused-ring (bicyclic) bond motifs is 1. The van der Waals surface area contributed by atoms with Crippen molar-refractivity contribution >= 4 is 38.4 Å². The molecule has 1 aromatic heterocycles. The van der Waals surface area contributed by atoms with E-state index in [1.165, 1.54) is 0 Å². The molecule has 1 heterocycles. The van der Waals surface area contributed by atoms with E-state index >= 15 is 0 Å². The molecular formula is C23H24N4O5S. The lowest BCUT2D eigenvalue weighted by Crippen LogP contribution is -2.37. The number of amidine groups is 1. The van der Waals surface area contributed by atoms with Crippen LogP contribution in [0.15, 0.2) is 46.9 Å². The molecule has 0 radical (unpaired) electrons. The summed E-state index contributed by atoms with van der Waals surface area (Å²) in [6, 6.07) is 10.6. The summed E-state index contributed by atoms with van der Waals surface area (Å²) in [5.74, 6) is 5.45. The van der Waals surface area contributed by atoms with Crippen LogP contribution < -0.4 is 15.8 Å². The molecule has 33 heavy (non-hydrogen) atoms. The normalized spacial score (nSPS) is 12.0. The number of furan rings is 1. The second-order valence-electron chi connectivity index (χ2n) is 7.35. The number of sulfonamides is 1. The van der Waals surface area contributed by atoms with Crippen molar-refractivity contribution in [2.75, 3.05) is 18.2 Å². The first-order chi connectivity index (χ1) is 15.6. The lowest BCUT2D eigenvalue weighted by molar-refractivity contribution is -0.120. The van der Waals surface area contributed by atoms with Gasteiger partial charge in [0.25, 0.3) is 5.91 Å². The Kier molecular flexibility index (Phi) is 7.06. The zero-order chi connectivity index (χ0) is 24.2. The summed E-state index contributed by atoms with van der Waals surface area (Å²) < 4.78 is 31.3. The van der Waals surface area contributed by atoms with Crippen LogP contribution in [0.25, 0.3) is 11.0 Å². The van der Waals surface area contributed by atoms with Gasteiger partial charge in [-0.25, -0.2) is 8.42 Å². The summed E-state index contributed by atoms with van der Waals surface area (Å²) in [4.78, 5) is 13.0. The molecule has 2 aromatic carbocycles. The first-order valence-corrected chi connectivity index (χ1v) is 11.8. The van der Waals surface area contributed by atoms with Gasteiger partial charge in [-0.05, 0) is 55.0 Å². The van der Waals surface area contributed by atoms with Gasteiger partial charge in [-0.1, -0.05) is 5.92 Å². The van der Waals surface area contributed by atoms with Gasteiger partial charge in [0.2, 0.25) is 10.0 Å². The Hall–Kier alpha value is -3.81. The molecule has 0 aliphatic carbocycles. The van der Waals surface area contributed by atoms with E-state index in [4.69, 9.17) is 15.6 Å². The fourth-order valence-electron chi connectivity index (χ4n) is 3.31. The molecule has 1 amide bonds. The molecular weight excluding hydrogens is 444 g/mol. The number of nitrogens with one attached hydrogen (secondary N) is 3. The van der Waals surface area contributed by atoms with E-state index in [1.54, 1.807) is 49.4 Å². The lowest BCUT2D eigenvalue weighted by atomic mass is 10.00. The lowest BCUT2D eigenvalue weighted by Gasteiger charge is -2.20. The highest BCUT2D eigenvalue weighted by molar-refractivity contribution is 7.89. The van der Waals surface area contributed by atoms with E-state index in [2.05, 4.69) is 17.2 Å². The Balaban J connectivity index is 2.10. The van der Waals surface area contributed by atoms with Gasteiger partial charge in [0.15, 0.2) is 0 Å². The van der Waals surface area contributed by atoms with Crippen LogP contribution >= 0.6 is 0 Å². The molecule has 0 saturated carbocycles. The zero-order valence-electron chi connectivity index (χ0n) is 18.1. The summed E-state index contributed by atoms with van der Waals surface area (Å²) in [6.07, 6.45) is 1.22. The van der Waals surface area contributed by atoms with Crippen LogP contribution in [-0.2, 0) is 21.2 Å². The van der Waals surface area contributed by atoms with E-state index in [0.29, 0.717) is 45.5 Å². The van der Waals surface area contributed by atoms with E-state index in [-0.39, 0.29) is 12.4 Å². The van der Waals surface area contributed by atoms with Crippen LogP contribution in [0.5, 0.6) is 0 Å². The predicted octanol–water partition coefficient (Wildman–Crippen LogP) is 1.85. The fraction of sp³-hybridized carbons (Fsp3) is 0.217. The van der Waals surface area contributed by atoms with Crippen molar-refractivity contribution in [1.82, 2.24) is 4.72 Å². The predicted molar refractivity (Wildman–Crippen MR) is 126 cm³/mol. The number of nitrogen functional groups attached to an aromatic ring is 1. The molecule has 0 fully saturated rings. The average molecular weight is 469 g/mol. The van der Waals surface area contributed by atoms with Gasteiger partial charge in [0.05, 0.1) is 18.4 Å².